The number of benzene rings is 3. The maximum absolute atomic E-state index is 14.0. The van der Waals surface area contributed by atoms with Crippen molar-refractivity contribution >= 4 is 40.0 Å². The second-order valence-electron chi connectivity index (χ2n) is 9.07. The fourth-order valence-corrected chi connectivity index (χ4v) is 5.00. The first-order valence-corrected chi connectivity index (χ1v) is 12.5. The van der Waals surface area contributed by atoms with Gasteiger partial charge >= 0.3 is 5.69 Å². The standard InChI is InChI=1S/C29H18Cl2FN5O3/c1-15-6-20(13-35-12-15)37-28(39)26-23(31)9-18(21-8-17(27(34)38)3-4-22(21)30)10-25(26)36(29(37)40)14-16-2-5-24(32)19(7-16)11-33/h2-10,12-13H,14H2,1H3,(H2,34,38). The molecule has 3 aromatic carbocycles. The van der Waals surface area contributed by atoms with Gasteiger partial charge in [-0.15, -0.1) is 0 Å². The van der Waals surface area contributed by atoms with Gasteiger partial charge in [0.1, 0.15) is 11.9 Å². The van der Waals surface area contributed by atoms with Gasteiger partial charge < -0.3 is 5.73 Å². The molecule has 0 spiro atoms. The minimum Gasteiger partial charge on any atom is -0.366 e. The van der Waals surface area contributed by atoms with Crippen LogP contribution in [0.1, 0.15) is 27.0 Å². The summed E-state index contributed by atoms with van der Waals surface area (Å²) in [4.78, 5) is 43.6. The first-order chi connectivity index (χ1) is 19.1. The zero-order valence-electron chi connectivity index (χ0n) is 20.8. The molecule has 2 heterocycles. The zero-order valence-corrected chi connectivity index (χ0v) is 22.3. The van der Waals surface area contributed by atoms with E-state index in [1.165, 1.54) is 47.2 Å². The molecule has 0 aliphatic rings. The Morgan fingerprint density at radius 3 is 2.52 bits per heavy atom. The third-order valence-electron chi connectivity index (χ3n) is 6.37. The van der Waals surface area contributed by atoms with E-state index >= 15 is 0 Å². The van der Waals surface area contributed by atoms with Crippen LogP contribution in [-0.4, -0.2) is 20.0 Å². The van der Waals surface area contributed by atoms with Crippen LogP contribution in [0.4, 0.5) is 4.39 Å². The van der Waals surface area contributed by atoms with Crippen LogP contribution in [0.3, 0.4) is 0 Å². The molecule has 0 radical (unpaired) electrons. The van der Waals surface area contributed by atoms with Crippen LogP contribution in [0, 0.1) is 24.1 Å². The Morgan fingerprint density at radius 2 is 1.82 bits per heavy atom. The van der Waals surface area contributed by atoms with Gasteiger partial charge in [-0.3, -0.25) is 19.1 Å². The van der Waals surface area contributed by atoms with Crippen molar-refractivity contribution in [2.24, 2.45) is 5.73 Å². The zero-order chi connectivity index (χ0) is 28.7. The average molecular weight is 574 g/mol. The number of rotatable bonds is 5. The Kier molecular flexibility index (Phi) is 6.98. The number of hydrogen-bond donors (Lipinski definition) is 1. The summed E-state index contributed by atoms with van der Waals surface area (Å²) in [6, 6.07) is 14.9. The monoisotopic (exact) mass is 573 g/mol. The normalized spacial score (nSPS) is 11.0. The van der Waals surface area contributed by atoms with Gasteiger partial charge in [0.05, 0.1) is 39.9 Å². The lowest BCUT2D eigenvalue weighted by atomic mass is 10.0. The molecule has 0 bridgehead atoms. The van der Waals surface area contributed by atoms with Crippen LogP contribution in [0.25, 0.3) is 27.7 Å². The molecule has 11 heteroatoms. The Balaban J connectivity index is 1.86. The van der Waals surface area contributed by atoms with E-state index in [0.717, 1.165) is 16.2 Å². The Hall–Kier alpha value is -4.78. The number of nitrogens with two attached hydrogens (primary N) is 1. The van der Waals surface area contributed by atoms with Crippen molar-refractivity contribution in [3.63, 3.8) is 0 Å². The van der Waals surface area contributed by atoms with Crippen molar-refractivity contribution in [2.45, 2.75) is 13.5 Å². The van der Waals surface area contributed by atoms with E-state index in [1.807, 2.05) is 0 Å². The van der Waals surface area contributed by atoms with Crippen molar-refractivity contribution in [1.82, 2.24) is 14.1 Å². The largest absolute Gasteiger partial charge is 0.366 e. The molecule has 8 nitrogen and oxygen atoms in total. The molecular weight excluding hydrogens is 556 g/mol. The summed E-state index contributed by atoms with van der Waals surface area (Å²) in [6.07, 6.45) is 2.97. The summed E-state index contributed by atoms with van der Waals surface area (Å²) < 4.78 is 16.3. The minimum absolute atomic E-state index is 0.0259. The molecule has 198 valence electrons. The number of aryl methyl sites for hydroxylation is 1. The Bertz CT molecular complexity index is 2030. The van der Waals surface area contributed by atoms with Gasteiger partial charge in [0.25, 0.3) is 5.56 Å². The molecule has 2 aromatic heterocycles. The van der Waals surface area contributed by atoms with E-state index in [2.05, 4.69) is 4.98 Å². The number of carbonyl (C=O) groups excluding carboxylic acids is 1. The number of carbonyl (C=O) groups is 1. The second-order valence-corrected chi connectivity index (χ2v) is 9.88. The van der Waals surface area contributed by atoms with Gasteiger partial charge in [-0.1, -0.05) is 29.3 Å². The molecule has 0 saturated carbocycles. The summed E-state index contributed by atoms with van der Waals surface area (Å²) in [7, 11) is 0. The lowest BCUT2D eigenvalue weighted by Crippen LogP contribution is -2.39. The molecule has 0 atom stereocenters. The number of halogens is 3. The maximum atomic E-state index is 14.0. The van der Waals surface area contributed by atoms with E-state index < -0.39 is 23.0 Å². The van der Waals surface area contributed by atoms with Gasteiger partial charge in [0.2, 0.25) is 5.91 Å². The van der Waals surface area contributed by atoms with Gasteiger partial charge in [-0.25, -0.2) is 13.8 Å². The highest BCUT2D eigenvalue weighted by molar-refractivity contribution is 6.36. The predicted octanol–water partition coefficient (Wildman–Crippen LogP) is 4.99. The van der Waals surface area contributed by atoms with E-state index in [0.29, 0.717) is 16.7 Å². The lowest BCUT2D eigenvalue weighted by Gasteiger charge is -2.17. The summed E-state index contributed by atoms with van der Waals surface area (Å²) in [5.41, 5.74) is 6.45. The van der Waals surface area contributed by atoms with Crippen LogP contribution >= 0.6 is 23.2 Å². The first-order valence-electron chi connectivity index (χ1n) is 11.8. The number of nitriles is 1. The van der Waals surface area contributed by atoms with Crippen molar-refractivity contribution in [2.75, 3.05) is 0 Å². The highest BCUT2D eigenvalue weighted by Gasteiger charge is 2.20. The van der Waals surface area contributed by atoms with Crippen LogP contribution in [0.5, 0.6) is 0 Å². The summed E-state index contributed by atoms with van der Waals surface area (Å²) in [5, 5.41) is 9.65. The fourth-order valence-electron chi connectivity index (χ4n) is 4.48. The van der Waals surface area contributed by atoms with Gasteiger partial charge in [-0.2, -0.15) is 5.26 Å². The second kappa shape index (κ2) is 10.4. The highest BCUT2D eigenvalue weighted by atomic mass is 35.5. The molecule has 2 N–H and O–H groups in total. The van der Waals surface area contributed by atoms with Crippen molar-refractivity contribution in [1.29, 1.82) is 5.26 Å². The molecule has 0 aliphatic heterocycles. The van der Waals surface area contributed by atoms with Crippen LogP contribution in [0.2, 0.25) is 10.0 Å². The molecule has 5 rings (SSSR count). The molecule has 5 aromatic rings. The highest BCUT2D eigenvalue weighted by Crippen LogP contribution is 2.34. The number of amides is 1. The van der Waals surface area contributed by atoms with Crippen molar-refractivity contribution < 1.29 is 9.18 Å². The third-order valence-corrected chi connectivity index (χ3v) is 7.00. The summed E-state index contributed by atoms with van der Waals surface area (Å²) in [6.45, 7) is 1.64. The number of pyridine rings is 1. The smallest absolute Gasteiger partial charge is 0.336 e. The van der Waals surface area contributed by atoms with Crippen LogP contribution in [-0.2, 0) is 6.54 Å². The third kappa shape index (κ3) is 4.75. The molecule has 0 saturated heterocycles. The fraction of sp³-hybridized carbons (Fsp3) is 0.0690. The quantitative estimate of drug-likeness (QED) is 0.317. The van der Waals surface area contributed by atoms with E-state index in [4.69, 9.17) is 28.9 Å². The van der Waals surface area contributed by atoms with Gasteiger partial charge in [0.15, 0.2) is 0 Å². The Morgan fingerprint density at radius 1 is 1.05 bits per heavy atom. The van der Waals surface area contributed by atoms with Gasteiger partial charge in [0, 0.05) is 22.3 Å². The number of hydrogen-bond acceptors (Lipinski definition) is 5. The molecule has 0 unspecified atom stereocenters. The number of primary amides is 1. The van der Waals surface area contributed by atoms with Crippen LogP contribution < -0.4 is 17.0 Å². The van der Waals surface area contributed by atoms with E-state index in [9.17, 15) is 24.0 Å². The average Bonchev–Trinajstić information content (AvgIpc) is 2.91. The SMILES string of the molecule is Cc1cncc(-n2c(=O)c3c(Cl)cc(-c4cc(C(N)=O)ccc4Cl)cc3n(Cc3ccc(F)c(C#N)c3)c2=O)c1. The Labute approximate surface area is 236 Å². The molecule has 40 heavy (non-hydrogen) atoms. The summed E-state index contributed by atoms with van der Waals surface area (Å²) in [5.74, 6) is -1.37. The van der Waals surface area contributed by atoms with Crippen molar-refractivity contribution in [3.8, 4) is 22.9 Å². The number of fused-ring (bicyclic) bond motifs is 1. The maximum Gasteiger partial charge on any atom is 0.336 e. The first kappa shape index (κ1) is 26.8. The minimum atomic E-state index is -0.710. The summed E-state index contributed by atoms with van der Waals surface area (Å²) >= 11 is 13.1. The number of aromatic nitrogens is 3. The van der Waals surface area contributed by atoms with E-state index in [-0.39, 0.29) is 44.3 Å². The molecule has 0 aliphatic carbocycles. The molecule has 1 amide bonds. The van der Waals surface area contributed by atoms with Crippen molar-refractivity contribution in [3.05, 3.63) is 126 Å². The molecular formula is C29H18Cl2FN5O3. The van der Waals surface area contributed by atoms with Gasteiger partial charge in [-0.05, 0) is 72.1 Å². The van der Waals surface area contributed by atoms with E-state index in [1.54, 1.807) is 31.3 Å². The topological polar surface area (TPSA) is 124 Å². The predicted molar refractivity (Wildman–Crippen MR) is 151 cm³/mol. The van der Waals surface area contributed by atoms with Crippen LogP contribution in [0.15, 0.2) is 76.6 Å². The molecule has 0 fully saturated rings. The lowest BCUT2D eigenvalue weighted by molar-refractivity contribution is 0.100. The number of nitrogens with zero attached hydrogens (tertiary/aromatic N) is 4.